The first kappa shape index (κ1) is 15.0. The smallest absolute Gasteiger partial charge is 0.321 e. The lowest BCUT2D eigenvalue weighted by molar-refractivity contribution is -0.126. The molecule has 19 heavy (non-hydrogen) atoms. The van der Waals surface area contributed by atoms with Gasteiger partial charge in [-0.1, -0.05) is 12.1 Å². The quantitative estimate of drug-likeness (QED) is 0.735. The van der Waals surface area contributed by atoms with Crippen molar-refractivity contribution in [2.24, 2.45) is 0 Å². The van der Waals surface area contributed by atoms with Gasteiger partial charge in [0.1, 0.15) is 5.75 Å². The van der Waals surface area contributed by atoms with Crippen molar-refractivity contribution >= 4 is 11.9 Å². The maximum Gasteiger partial charge on any atom is 0.321 e. The molecule has 3 N–H and O–H groups in total. The van der Waals surface area contributed by atoms with Crippen molar-refractivity contribution < 1.29 is 19.4 Å². The van der Waals surface area contributed by atoms with Crippen LogP contribution in [0.4, 0.5) is 4.79 Å². The summed E-state index contributed by atoms with van der Waals surface area (Å²) in [5, 5.41) is 13.6. The number of hydrogen-bond acceptors (Lipinski definition) is 4. The van der Waals surface area contributed by atoms with Crippen LogP contribution in [-0.2, 0) is 11.4 Å². The van der Waals surface area contributed by atoms with Crippen molar-refractivity contribution in [3.05, 3.63) is 29.8 Å². The summed E-state index contributed by atoms with van der Waals surface area (Å²) in [6, 6.07) is 6.22. The highest BCUT2D eigenvalue weighted by molar-refractivity contribution is 5.96. The summed E-state index contributed by atoms with van der Waals surface area (Å²) in [5.41, 5.74) is 0.689. The maximum atomic E-state index is 11.6. The van der Waals surface area contributed by atoms with Crippen LogP contribution in [0.5, 0.6) is 5.75 Å². The second-order valence-corrected chi connectivity index (χ2v) is 3.91. The van der Waals surface area contributed by atoms with Gasteiger partial charge in [0.25, 0.3) is 5.91 Å². The number of carbonyl (C=O) groups excluding carboxylic acids is 2. The van der Waals surface area contributed by atoms with E-state index in [2.05, 4.69) is 10.6 Å². The Morgan fingerprint density at radius 3 is 2.79 bits per heavy atom. The molecular formula is C13H18N2O4. The molecule has 0 spiro atoms. The van der Waals surface area contributed by atoms with Crippen LogP contribution in [0.25, 0.3) is 0 Å². The molecule has 104 valence electrons. The van der Waals surface area contributed by atoms with Crippen molar-refractivity contribution in [3.8, 4) is 5.75 Å². The van der Waals surface area contributed by atoms with Gasteiger partial charge in [0, 0.05) is 6.54 Å². The predicted molar refractivity (Wildman–Crippen MR) is 69.7 cm³/mol. The van der Waals surface area contributed by atoms with Crippen LogP contribution in [0.2, 0.25) is 0 Å². The minimum absolute atomic E-state index is 0.101. The largest absolute Gasteiger partial charge is 0.481 e. The topological polar surface area (TPSA) is 87.7 Å². The predicted octanol–water partition coefficient (Wildman–Crippen LogP) is 0.792. The van der Waals surface area contributed by atoms with Crippen molar-refractivity contribution in [2.45, 2.75) is 26.6 Å². The van der Waals surface area contributed by atoms with E-state index in [1.54, 1.807) is 38.1 Å². The molecule has 0 heterocycles. The van der Waals surface area contributed by atoms with Gasteiger partial charge in [-0.15, -0.1) is 0 Å². The Hall–Kier alpha value is -2.08. The maximum absolute atomic E-state index is 11.6. The molecule has 0 saturated heterocycles. The van der Waals surface area contributed by atoms with Crippen LogP contribution in [-0.4, -0.2) is 29.7 Å². The van der Waals surface area contributed by atoms with E-state index < -0.39 is 18.0 Å². The summed E-state index contributed by atoms with van der Waals surface area (Å²) < 4.78 is 5.39. The molecule has 0 saturated carbocycles. The zero-order chi connectivity index (χ0) is 14.3. The molecule has 0 bridgehead atoms. The standard InChI is InChI=1S/C13H18N2O4/c1-3-14-13(18)15-12(17)9(2)19-11-6-4-5-10(7-11)8-16/h4-7,9,16H,3,8H2,1-2H3,(H2,14,15,17,18). The third-order valence-electron chi connectivity index (χ3n) is 2.34. The van der Waals surface area contributed by atoms with E-state index in [0.717, 1.165) is 0 Å². The first-order chi connectivity index (χ1) is 9.06. The second-order valence-electron chi connectivity index (χ2n) is 3.91. The number of rotatable bonds is 5. The number of benzene rings is 1. The van der Waals surface area contributed by atoms with Gasteiger partial charge in [-0.3, -0.25) is 10.1 Å². The van der Waals surface area contributed by atoms with Gasteiger partial charge in [-0.05, 0) is 31.5 Å². The summed E-state index contributed by atoms with van der Waals surface area (Å²) in [5.74, 6) is -0.0644. The molecule has 0 aliphatic heterocycles. The Morgan fingerprint density at radius 2 is 2.16 bits per heavy atom. The second kappa shape index (κ2) is 7.38. The Labute approximate surface area is 111 Å². The molecule has 3 amide bonds. The number of ether oxygens (including phenoxy) is 1. The van der Waals surface area contributed by atoms with Crippen LogP contribution < -0.4 is 15.4 Å². The van der Waals surface area contributed by atoms with Gasteiger partial charge in [-0.2, -0.15) is 0 Å². The van der Waals surface area contributed by atoms with E-state index in [1.807, 2.05) is 0 Å². The van der Waals surface area contributed by atoms with Gasteiger partial charge in [0.15, 0.2) is 6.10 Å². The molecule has 0 radical (unpaired) electrons. The fraction of sp³-hybridized carbons (Fsp3) is 0.385. The molecule has 1 aromatic carbocycles. The number of aliphatic hydroxyl groups is 1. The van der Waals surface area contributed by atoms with Crippen molar-refractivity contribution in [3.63, 3.8) is 0 Å². The summed E-state index contributed by atoms with van der Waals surface area (Å²) in [6.45, 7) is 3.63. The van der Waals surface area contributed by atoms with Crippen LogP contribution in [0.3, 0.4) is 0 Å². The summed E-state index contributed by atoms with van der Waals surface area (Å²) in [7, 11) is 0. The Balaban J connectivity index is 2.55. The minimum Gasteiger partial charge on any atom is -0.481 e. The summed E-state index contributed by atoms with van der Waals surface area (Å²) in [4.78, 5) is 22.8. The lowest BCUT2D eigenvalue weighted by Gasteiger charge is -2.14. The van der Waals surface area contributed by atoms with Crippen LogP contribution >= 0.6 is 0 Å². The lowest BCUT2D eigenvalue weighted by atomic mass is 10.2. The zero-order valence-electron chi connectivity index (χ0n) is 11.0. The third-order valence-corrected chi connectivity index (χ3v) is 2.34. The van der Waals surface area contributed by atoms with Gasteiger partial charge in [-0.25, -0.2) is 4.79 Å². The molecule has 0 aromatic heterocycles. The average Bonchev–Trinajstić information content (AvgIpc) is 2.39. The molecule has 1 rings (SSSR count). The monoisotopic (exact) mass is 266 g/mol. The van der Waals surface area contributed by atoms with E-state index in [-0.39, 0.29) is 6.61 Å². The number of nitrogens with one attached hydrogen (secondary N) is 2. The Kier molecular flexibility index (Phi) is 5.81. The Bertz CT molecular complexity index is 448. The van der Waals surface area contributed by atoms with Crippen LogP contribution in [0.1, 0.15) is 19.4 Å². The number of carbonyl (C=O) groups is 2. The first-order valence-corrected chi connectivity index (χ1v) is 6.02. The van der Waals surface area contributed by atoms with E-state index in [4.69, 9.17) is 9.84 Å². The first-order valence-electron chi connectivity index (χ1n) is 6.02. The van der Waals surface area contributed by atoms with E-state index in [0.29, 0.717) is 17.9 Å². The van der Waals surface area contributed by atoms with Crippen LogP contribution in [0, 0.1) is 0 Å². The van der Waals surface area contributed by atoms with Gasteiger partial charge >= 0.3 is 6.03 Å². The molecule has 6 nitrogen and oxygen atoms in total. The summed E-state index contributed by atoms with van der Waals surface area (Å²) in [6.07, 6.45) is -0.809. The number of hydrogen-bond donors (Lipinski definition) is 3. The van der Waals surface area contributed by atoms with Gasteiger partial charge < -0.3 is 15.2 Å². The van der Waals surface area contributed by atoms with Crippen molar-refractivity contribution in [2.75, 3.05) is 6.54 Å². The van der Waals surface area contributed by atoms with Gasteiger partial charge in [0.05, 0.1) is 6.61 Å². The minimum atomic E-state index is -0.809. The Morgan fingerprint density at radius 1 is 1.42 bits per heavy atom. The molecule has 0 aliphatic carbocycles. The number of urea groups is 1. The molecule has 1 aromatic rings. The normalized spacial score (nSPS) is 11.5. The van der Waals surface area contributed by atoms with E-state index in [1.165, 1.54) is 0 Å². The van der Waals surface area contributed by atoms with Crippen LogP contribution in [0.15, 0.2) is 24.3 Å². The number of imide groups is 1. The van der Waals surface area contributed by atoms with Crippen molar-refractivity contribution in [1.82, 2.24) is 10.6 Å². The highest BCUT2D eigenvalue weighted by Gasteiger charge is 2.17. The van der Waals surface area contributed by atoms with E-state index in [9.17, 15) is 9.59 Å². The highest BCUT2D eigenvalue weighted by Crippen LogP contribution is 2.14. The number of amides is 3. The third kappa shape index (κ3) is 4.97. The number of aliphatic hydroxyl groups excluding tert-OH is 1. The fourth-order valence-electron chi connectivity index (χ4n) is 1.39. The molecule has 6 heteroatoms. The van der Waals surface area contributed by atoms with E-state index >= 15 is 0 Å². The fourth-order valence-corrected chi connectivity index (χ4v) is 1.39. The zero-order valence-corrected chi connectivity index (χ0v) is 11.0. The molecule has 1 unspecified atom stereocenters. The van der Waals surface area contributed by atoms with Gasteiger partial charge in [0.2, 0.25) is 0 Å². The molecule has 0 fully saturated rings. The molecule has 0 aliphatic rings. The summed E-state index contributed by atoms with van der Waals surface area (Å²) >= 11 is 0. The lowest BCUT2D eigenvalue weighted by Crippen LogP contribution is -2.45. The molecule has 1 atom stereocenters. The van der Waals surface area contributed by atoms with Crippen molar-refractivity contribution in [1.29, 1.82) is 0 Å². The average molecular weight is 266 g/mol. The molecular weight excluding hydrogens is 248 g/mol. The SMILES string of the molecule is CCNC(=O)NC(=O)C(C)Oc1cccc(CO)c1. The highest BCUT2D eigenvalue weighted by atomic mass is 16.5.